The number of aliphatic hydroxyl groups excluding tert-OH is 1. The van der Waals surface area contributed by atoms with Gasteiger partial charge in [0.1, 0.15) is 30.0 Å². The van der Waals surface area contributed by atoms with E-state index >= 15 is 0 Å². The van der Waals surface area contributed by atoms with Gasteiger partial charge in [0.15, 0.2) is 29.8 Å². The van der Waals surface area contributed by atoms with Gasteiger partial charge in [-0.25, -0.2) is 22.8 Å². The maximum absolute atomic E-state index is 13.8. The fourth-order valence-electron chi connectivity index (χ4n) is 4.41. The lowest BCUT2D eigenvalue weighted by Crippen LogP contribution is -2.61. The van der Waals surface area contributed by atoms with Gasteiger partial charge in [-0.3, -0.25) is 4.79 Å². The van der Waals surface area contributed by atoms with Crippen molar-refractivity contribution < 1.29 is 37.3 Å². The minimum atomic E-state index is -1.61. The fourth-order valence-corrected chi connectivity index (χ4v) is 4.41. The molecule has 2 fully saturated rings. The molecule has 0 aliphatic carbocycles. The zero-order valence-corrected chi connectivity index (χ0v) is 20.3. The Balaban J connectivity index is 1.50. The molecule has 2 aliphatic rings. The molecule has 200 valence electrons. The second-order valence-corrected chi connectivity index (χ2v) is 9.14. The highest BCUT2D eigenvalue weighted by molar-refractivity contribution is 5.88. The normalized spacial score (nSPS) is 27.3. The molecule has 0 spiro atoms. The molecule has 38 heavy (non-hydrogen) atoms. The first-order valence-electron chi connectivity index (χ1n) is 11.7. The summed E-state index contributed by atoms with van der Waals surface area (Å²) in [6.45, 7) is 0.0323. The summed E-state index contributed by atoms with van der Waals surface area (Å²) < 4.78 is 60.3. The van der Waals surface area contributed by atoms with Crippen LogP contribution in [0.25, 0.3) is 11.3 Å². The molecule has 3 aromatic rings. The van der Waals surface area contributed by atoms with Gasteiger partial charge in [-0.1, -0.05) is 35.5 Å². The number of carbonyl (C=O) groups is 1. The van der Waals surface area contributed by atoms with Crippen LogP contribution in [-0.2, 0) is 19.0 Å². The van der Waals surface area contributed by atoms with Gasteiger partial charge in [0.25, 0.3) is 5.91 Å². The second-order valence-electron chi connectivity index (χ2n) is 9.14. The molecule has 2 aromatic carbocycles. The van der Waals surface area contributed by atoms with Gasteiger partial charge < -0.3 is 24.2 Å². The summed E-state index contributed by atoms with van der Waals surface area (Å²) >= 11 is 0. The van der Waals surface area contributed by atoms with Crippen LogP contribution < -0.4 is 0 Å². The number of amides is 1. The van der Waals surface area contributed by atoms with E-state index in [-0.39, 0.29) is 17.9 Å². The lowest BCUT2D eigenvalue weighted by atomic mass is 9.91. The highest BCUT2D eigenvalue weighted by atomic mass is 19.2. The Bertz CT molecular complexity index is 1310. The van der Waals surface area contributed by atoms with Crippen LogP contribution in [0.5, 0.6) is 0 Å². The molecule has 0 bridgehead atoms. The van der Waals surface area contributed by atoms with E-state index in [9.17, 15) is 23.1 Å². The minimum absolute atomic E-state index is 0.0122. The van der Waals surface area contributed by atoms with Crippen LogP contribution in [0.15, 0.2) is 53.7 Å². The van der Waals surface area contributed by atoms with E-state index in [0.29, 0.717) is 0 Å². The van der Waals surface area contributed by atoms with E-state index in [2.05, 4.69) is 15.3 Å². The van der Waals surface area contributed by atoms with Crippen molar-refractivity contribution in [3.05, 3.63) is 71.7 Å². The zero-order valence-electron chi connectivity index (χ0n) is 20.3. The molecule has 1 N–H and O–H groups in total. The number of aliphatic hydroxyl groups is 1. The molecule has 5 rings (SSSR count). The zero-order chi connectivity index (χ0) is 27.0. The molecule has 13 heteroatoms. The number of hydrogen-bond acceptors (Lipinski definition) is 7. The van der Waals surface area contributed by atoms with Crippen LogP contribution in [0.3, 0.4) is 0 Å². The predicted octanol–water partition coefficient (Wildman–Crippen LogP) is 2.26. The van der Waals surface area contributed by atoms with Crippen LogP contribution in [0.1, 0.15) is 17.9 Å². The van der Waals surface area contributed by atoms with Crippen molar-refractivity contribution in [2.75, 3.05) is 20.7 Å². The van der Waals surface area contributed by atoms with Crippen LogP contribution in [0.2, 0.25) is 0 Å². The third-order valence-corrected chi connectivity index (χ3v) is 6.20. The third kappa shape index (κ3) is 5.05. The summed E-state index contributed by atoms with van der Waals surface area (Å²) in [6, 6.07) is 9.65. The molecular weight excluding hydrogens is 507 g/mol. The van der Waals surface area contributed by atoms with E-state index in [1.54, 1.807) is 19.0 Å². The Morgan fingerprint density at radius 3 is 2.55 bits per heavy atom. The first-order valence-corrected chi connectivity index (χ1v) is 11.7. The molecule has 1 aromatic heterocycles. The highest BCUT2D eigenvalue weighted by Gasteiger charge is 2.52. The first-order chi connectivity index (χ1) is 18.2. The lowest BCUT2D eigenvalue weighted by Gasteiger charge is -2.47. The molecular formula is C25H24F3N5O5. The van der Waals surface area contributed by atoms with Gasteiger partial charge in [-0.05, 0) is 12.1 Å². The Labute approximate surface area is 215 Å². The number of halogens is 3. The van der Waals surface area contributed by atoms with E-state index < -0.39 is 60.1 Å². The Hall–Kier alpha value is -3.65. The van der Waals surface area contributed by atoms with Crippen molar-refractivity contribution in [2.45, 2.75) is 36.7 Å². The van der Waals surface area contributed by atoms with E-state index in [1.165, 1.54) is 17.2 Å². The topological polar surface area (TPSA) is 111 Å². The second kappa shape index (κ2) is 10.6. The fraction of sp³-hybridized carbons (Fsp3) is 0.360. The molecule has 0 radical (unpaired) electrons. The first kappa shape index (κ1) is 26.0. The van der Waals surface area contributed by atoms with Crippen LogP contribution >= 0.6 is 0 Å². The number of nitrogens with zero attached hydrogens (tertiary/aromatic N) is 5. The molecule has 0 saturated carbocycles. The number of aromatic nitrogens is 3. The predicted molar refractivity (Wildman–Crippen MR) is 126 cm³/mol. The van der Waals surface area contributed by atoms with Crippen molar-refractivity contribution in [3.8, 4) is 11.3 Å². The number of aliphatic imine (C=N–C) groups is 1. The summed E-state index contributed by atoms with van der Waals surface area (Å²) in [7, 11) is 3.36. The monoisotopic (exact) mass is 531 g/mol. The van der Waals surface area contributed by atoms with Crippen LogP contribution in [0.4, 0.5) is 13.2 Å². The average molecular weight is 531 g/mol. The summed E-state index contributed by atoms with van der Waals surface area (Å²) in [5.41, 5.74) is 0.673. The summed E-state index contributed by atoms with van der Waals surface area (Å²) in [5, 5.41) is 19.3. The number of fused-ring (bicyclic) bond motifs is 1. The molecule has 1 amide bonds. The quantitative estimate of drug-likeness (QED) is 0.303. The van der Waals surface area contributed by atoms with Gasteiger partial charge in [-0.2, -0.15) is 0 Å². The standard InChI is InChI=1S/C25H24F3N5O5/c1-32(2)12-29-24(35)23-21(34)20(22-18(37-23)11-36-25(38-22)13-6-4-3-5-7-13)33-10-17(30-31-33)14-8-15(26)19(28)16(27)9-14/h3-10,12,18,20-23,25,34H,11H2,1-2H3/b29-12+. The SMILES string of the molecule is CN(C)/C=N/C(=O)C1OC2COC(c3ccccc3)OC2C(n2cc(-c3cc(F)c(F)c(F)c3)nn2)C1O. The van der Waals surface area contributed by atoms with E-state index in [0.717, 1.165) is 17.7 Å². The van der Waals surface area contributed by atoms with Crippen molar-refractivity contribution in [2.24, 2.45) is 4.99 Å². The smallest absolute Gasteiger partial charge is 0.278 e. The van der Waals surface area contributed by atoms with Gasteiger partial charge >= 0.3 is 0 Å². The maximum Gasteiger partial charge on any atom is 0.278 e. The van der Waals surface area contributed by atoms with Gasteiger partial charge in [-0.15, -0.1) is 5.10 Å². The molecule has 3 heterocycles. The number of benzene rings is 2. The number of rotatable bonds is 5. The van der Waals surface area contributed by atoms with Gasteiger partial charge in [0.05, 0.1) is 19.1 Å². The third-order valence-electron chi connectivity index (χ3n) is 6.20. The highest BCUT2D eigenvalue weighted by Crippen LogP contribution is 2.39. The molecule has 6 unspecified atom stereocenters. The Kier molecular flexibility index (Phi) is 7.25. The van der Waals surface area contributed by atoms with Crippen molar-refractivity contribution in [3.63, 3.8) is 0 Å². The molecule has 2 aliphatic heterocycles. The number of hydrogen-bond donors (Lipinski definition) is 1. The molecule has 6 atom stereocenters. The van der Waals surface area contributed by atoms with E-state index in [4.69, 9.17) is 14.2 Å². The molecule has 10 nitrogen and oxygen atoms in total. The summed E-state index contributed by atoms with van der Waals surface area (Å²) in [5.74, 6) is -5.11. The summed E-state index contributed by atoms with van der Waals surface area (Å²) in [6.07, 6.45) is -2.71. The van der Waals surface area contributed by atoms with Crippen molar-refractivity contribution in [1.29, 1.82) is 0 Å². The minimum Gasteiger partial charge on any atom is -0.387 e. The number of ether oxygens (including phenoxy) is 3. The largest absolute Gasteiger partial charge is 0.387 e. The number of carbonyl (C=O) groups excluding carboxylic acids is 1. The lowest BCUT2D eigenvalue weighted by molar-refractivity contribution is -0.312. The van der Waals surface area contributed by atoms with E-state index in [1.807, 2.05) is 30.3 Å². The Morgan fingerprint density at radius 1 is 1.16 bits per heavy atom. The van der Waals surface area contributed by atoms with Crippen LogP contribution in [-0.4, -0.2) is 82.4 Å². The molecule has 2 saturated heterocycles. The maximum atomic E-state index is 13.8. The average Bonchev–Trinajstić information content (AvgIpc) is 3.39. The Morgan fingerprint density at radius 2 is 1.87 bits per heavy atom. The van der Waals surface area contributed by atoms with Crippen molar-refractivity contribution in [1.82, 2.24) is 19.9 Å². The van der Waals surface area contributed by atoms with Gasteiger partial charge in [0.2, 0.25) is 0 Å². The van der Waals surface area contributed by atoms with Crippen LogP contribution in [0, 0.1) is 17.5 Å². The summed E-state index contributed by atoms with van der Waals surface area (Å²) in [4.78, 5) is 18.2. The van der Waals surface area contributed by atoms with Gasteiger partial charge in [0, 0.05) is 25.2 Å². The van der Waals surface area contributed by atoms with Crippen molar-refractivity contribution >= 4 is 12.2 Å².